The van der Waals surface area contributed by atoms with Gasteiger partial charge in [-0.3, -0.25) is 9.59 Å². The summed E-state index contributed by atoms with van der Waals surface area (Å²) in [4.78, 5) is 27.1. The second-order valence-corrected chi connectivity index (χ2v) is 7.88. The molecule has 2 N–H and O–H groups in total. The van der Waals surface area contributed by atoms with Gasteiger partial charge in [0.2, 0.25) is 11.8 Å². The predicted octanol–water partition coefficient (Wildman–Crippen LogP) is 4.77. The Morgan fingerprint density at radius 2 is 1.91 bits per heavy atom. The van der Waals surface area contributed by atoms with E-state index in [9.17, 15) is 9.59 Å². The fraction of sp³-hybridized carbons (Fsp3) is 0.200. The average Bonchev–Trinajstić information content (AvgIpc) is 3.08. The number of hydrogen-bond donors (Lipinski definition) is 2. The number of methoxy groups -OCH3 is 1. The van der Waals surface area contributed by atoms with Crippen molar-refractivity contribution in [2.75, 3.05) is 29.2 Å². The van der Waals surface area contributed by atoms with Gasteiger partial charge in [-0.2, -0.15) is 0 Å². The lowest BCUT2D eigenvalue weighted by Gasteiger charge is -2.28. The van der Waals surface area contributed by atoms with E-state index >= 15 is 0 Å². The molecule has 0 fully saturated rings. The Morgan fingerprint density at radius 3 is 2.75 bits per heavy atom. The molecule has 1 aliphatic rings. The van der Waals surface area contributed by atoms with Crippen LogP contribution in [0.1, 0.15) is 13.3 Å². The van der Waals surface area contributed by atoms with Crippen LogP contribution in [0.25, 0.3) is 21.9 Å². The van der Waals surface area contributed by atoms with Gasteiger partial charge in [-0.05, 0) is 31.2 Å². The number of carbonyl (C=O) groups is 2. The van der Waals surface area contributed by atoms with E-state index in [0.29, 0.717) is 28.4 Å². The van der Waals surface area contributed by atoms with Crippen molar-refractivity contribution < 1.29 is 18.7 Å². The van der Waals surface area contributed by atoms with Gasteiger partial charge < -0.3 is 24.7 Å². The summed E-state index contributed by atoms with van der Waals surface area (Å²) in [6.07, 6.45) is 0.231. The lowest BCUT2D eigenvalue weighted by molar-refractivity contribution is -0.118. The number of furan rings is 1. The van der Waals surface area contributed by atoms with Crippen LogP contribution in [-0.2, 0) is 9.59 Å². The molecule has 0 spiro atoms. The monoisotopic (exact) mass is 429 g/mol. The van der Waals surface area contributed by atoms with Crippen molar-refractivity contribution in [3.63, 3.8) is 0 Å². The van der Waals surface area contributed by atoms with E-state index in [0.717, 1.165) is 16.4 Å². The topological polar surface area (TPSA) is 83.8 Å². The van der Waals surface area contributed by atoms with Gasteiger partial charge in [-0.1, -0.05) is 30.3 Å². The minimum Gasteiger partial charge on any atom is -0.495 e. The third kappa shape index (κ3) is 3.41. The van der Waals surface area contributed by atoms with Crippen LogP contribution in [0.3, 0.4) is 0 Å². The Balaban J connectivity index is 1.44. The van der Waals surface area contributed by atoms with Crippen molar-refractivity contribution >= 4 is 50.8 Å². The number of para-hydroxylation sites is 3. The summed E-state index contributed by atoms with van der Waals surface area (Å²) in [5.41, 5.74) is 3.50. The molecule has 0 unspecified atom stereocenters. The van der Waals surface area contributed by atoms with E-state index in [4.69, 9.17) is 9.15 Å². The highest BCUT2D eigenvalue weighted by Crippen LogP contribution is 2.36. The largest absolute Gasteiger partial charge is 0.495 e. The Labute approximate surface area is 184 Å². The molecule has 5 rings (SSSR count). The zero-order valence-electron chi connectivity index (χ0n) is 17.8. The number of anilines is 3. The quantitative estimate of drug-likeness (QED) is 0.488. The van der Waals surface area contributed by atoms with Crippen molar-refractivity contribution in [3.8, 4) is 5.75 Å². The van der Waals surface area contributed by atoms with Crippen molar-refractivity contribution in [1.29, 1.82) is 0 Å². The molecule has 32 heavy (non-hydrogen) atoms. The number of amides is 2. The molecule has 0 bridgehead atoms. The second kappa shape index (κ2) is 7.92. The fourth-order valence-corrected chi connectivity index (χ4v) is 4.28. The summed E-state index contributed by atoms with van der Waals surface area (Å²) in [6.45, 7) is 1.91. The first kappa shape index (κ1) is 19.9. The number of nitrogens with one attached hydrogen (secondary N) is 2. The van der Waals surface area contributed by atoms with E-state index in [1.165, 1.54) is 0 Å². The van der Waals surface area contributed by atoms with Crippen LogP contribution in [0.5, 0.6) is 5.75 Å². The molecule has 2 amide bonds. The molecule has 0 saturated heterocycles. The van der Waals surface area contributed by atoms with E-state index in [-0.39, 0.29) is 30.8 Å². The van der Waals surface area contributed by atoms with Crippen LogP contribution < -0.4 is 20.3 Å². The summed E-state index contributed by atoms with van der Waals surface area (Å²) < 4.78 is 11.5. The normalized spacial score (nSPS) is 15.9. The molecular formula is C25H23N3O4. The molecular weight excluding hydrogens is 406 g/mol. The van der Waals surface area contributed by atoms with Gasteiger partial charge >= 0.3 is 0 Å². The first-order valence-electron chi connectivity index (χ1n) is 10.5. The smallest absolute Gasteiger partial charge is 0.246 e. The summed E-state index contributed by atoms with van der Waals surface area (Å²) in [7, 11) is 1.60. The van der Waals surface area contributed by atoms with Crippen LogP contribution in [0, 0.1) is 0 Å². The molecule has 7 heteroatoms. The SMILES string of the molecule is COc1cc2c(cc1NCC(=O)N1c3ccccc3NC(=O)C[C@H]1C)oc1ccccc12. The van der Waals surface area contributed by atoms with Gasteiger partial charge in [-0.15, -0.1) is 0 Å². The summed E-state index contributed by atoms with van der Waals surface area (Å²) >= 11 is 0. The Hall–Kier alpha value is -4.00. The van der Waals surface area contributed by atoms with Crippen molar-refractivity contribution in [1.82, 2.24) is 0 Å². The van der Waals surface area contributed by atoms with Crippen LogP contribution >= 0.6 is 0 Å². The third-order valence-electron chi connectivity index (χ3n) is 5.76. The number of fused-ring (bicyclic) bond motifs is 4. The molecule has 7 nitrogen and oxygen atoms in total. The molecule has 1 atom stereocenters. The highest BCUT2D eigenvalue weighted by Gasteiger charge is 2.29. The first-order chi connectivity index (χ1) is 15.5. The van der Waals surface area contributed by atoms with Crippen LogP contribution in [0.4, 0.5) is 17.1 Å². The number of hydrogen-bond acceptors (Lipinski definition) is 5. The van der Waals surface area contributed by atoms with Crippen LogP contribution in [0.2, 0.25) is 0 Å². The molecule has 0 radical (unpaired) electrons. The van der Waals surface area contributed by atoms with Gasteiger partial charge in [0.05, 0.1) is 30.7 Å². The Bertz CT molecular complexity index is 1340. The first-order valence-corrected chi connectivity index (χ1v) is 10.5. The highest BCUT2D eigenvalue weighted by atomic mass is 16.5. The van der Waals surface area contributed by atoms with E-state index in [2.05, 4.69) is 10.6 Å². The van der Waals surface area contributed by atoms with Gasteiger partial charge in [0.25, 0.3) is 0 Å². The maximum absolute atomic E-state index is 13.3. The molecule has 1 aliphatic heterocycles. The molecule has 162 valence electrons. The number of ether oxygens (including phenoxy) is 1. The summed E-state index contributed by atoms with van der Waals surface area (Å²) in [5, 5.41) is 8.04. The molecule has 3 aromatic carbocycles. The average molecular weight is 429 g/mol. The second-order valence-electron chi connectivity index (χ2n) is 7.88. The summed E-state index contributed by atoms with van der Waals surface area (Å²) in [5.74, 6) is 0.372. The van der Waals surface area contributed by atoms with E-state index in [1.807, 2.05) is 61.5 Å². The molecule has 2 heterocycles. The van der Waals surface area contributed by atoms with Gasteiger partial charge in [-0.25, -0.2) is 0 Å². The molecule has 0 aliphatic carbocycles. The van der Waals surface area contributed by atoms with Gasteiger partial charge in [0.15, 0.2) is 0 Å². The van der Waals surface area contributed by atoms with Crippen LogP contribution in [-0.4, -0.2) is 31.5 Å². The van der Waals surface area contributed by atoms with E-state index in [1.54, 1.807) is 18.1 Å². The fourth-order valence-electron chi connectivity index (χ4n) is 4.28. The Morgan fingerprint density at radius 1 is 1.12 bits per heavy atom. The highest BCUT2D eigenvalue weighted by molar-refractivity contribution is 6.08. The third-order valence-corrected chi connectivity index (χ3v) is 5.76. The van der Waals surface area contributed by atoms with Crippen molar-refractivity contribution in [2.24, 2.45) is 0 Å². The molecule has 0 saturated carbocycles. The Kier molecular flexibility index (Phi) is 4.93. The van der Waals surface area contributed by atoms with Crippen molar-refractivity contribution in [2.45, 2.75) is 19.4 Å². The standard InChI is InChI=1S/C25H23N3O4/c1-15-11-24(29)27-18-8-4-5-9-20(18)28(15)25(30)14-26-19-13-22-17(12-23(19)31-2)16-7-3-6-10-21(16)32-22/h3-10,12-13,15,26H,11,14H2,1-2H3,(H,27,29)/t15-/m1/s1. The zero-order chi connectivity index (χ0) is 22.2. The number of nitrogens with zero attached hydrogens (tertiary/aromatic N) is 1. The summed E-state index contributed by atoms with van der Waals surface area (Å²) in [6, 6.07) is 18.7. The van der Waals surface area contributed by atoms with E-state index < -0.39 is 0 Å². The van der Waals surface area contributed by atoms with Crippen LogP contribution in [0.15, 0.2) is 65.1 Å². The molecule has 1 aromatic heterocycles. The minimum atomic E-state index is -0.271. The predicted molar refractivity (Wildman–Crippen MR) is 125 cm³/mol. The zero-order valence-corrected chi connectivity index (χ0v) is 17.8. The molecule has 4 aromatic rings. The van der Waals surface area contributed by atoms with Gasteiger partial charge in [0.1, 0.15) is 16.9 Å². The maximum Gasteiger partial charge on any atom is 0.246 e. The number of carbonyl (C=O) groups excluding carboxylic acids is 2. The minimum absolute atomic E-state index is 0.0367. The maximum atomic E-state index is 13.3. The number of benzene rings is 3. The lowest BCUT2D eigenvalue weighted by atomic mass is 10.1. The lowest BCUT2D eigenvalue weighted by Crippen LogP contribution is -2.42. The number of rotatable bonds is 4. The van der Waals surface area contributed by atoms with Gasteiger partial charge in [0, 0.05) is 29.3 Å². The van der Waals surface area contributed by atoms with Crippen molar-refractivity contribution in [3.05, 3.63) is 60.7 Å².